The van der Waals surface area contributed by atoms with E-state index in [0.29, 0.717) is 28.7 Å². The van der Waals surface area contributed by atoms with E-state index in [9.17, 15) is 14.9 Å². The highest BCUT2D eigenvalue weighted by molar-refractivity contribution is 7.22. The molecule has 0 spiro atoms. The van der Waals surface area contributed by atoms with Gasteiger partial charge in [-0.3, -0.25) is 19.9 Å². The van der Waals surface area contributed by atoms with Crippen molar-refractivity contribution >= 4 is 49.7 Å². The fourth-order valence-electron chi connectivity index (χ4n) is 3.23. The Morgan fingerprint density at radius 1 is 1.17 bits per heavy atom. The van der Waals surface area contributed by atoms with Crippen LogP contribution in [0.25, 0.3) is 10.2 Å². The lowest BCUT2D eigenvalue weighted by Crippen LogP contribution is -2.12. The van der Waals surface area contributed by atoms with Gasteiger partial charge in [0, 0.05) is 36.3 Å². The Hall–Kier alpha value is -4.35. The maximum absolute atomic E-state index is 12.1. The van der Waals surface area contributed by atoms with Crippen molar-refractivity contribution in [3.05, 3.63) is 88.8 Å². The molecule has 0 fully saturated rings. The Kier molecular flexibility index (Phi) is 7.83. The molecule has 0 saturated carbocycles. The molecule has 2 aromatic heterocycles. The van der Waals surface area contributed by atoms with E-state index in [-0.39, 0.29) is 24.0 Å². The molecular weight excluding hydrogens is 480 g/mol. The quantitative estimate of drug-likeness (QED) is 0.176. The summed E-state index contributed by atoms with van der Waals surface area (Å²) in [6, 6.07) is 15.5. The van der Waals surface area contributed by atoms with Gasteiger partial charge in [-0.25, -0.2) is 4.98 Å². The Bertz CT molecular complexity index is 1400. The van der Waals surface area contributed by atoms with Gasteiger partial charge < -0.3 is 20.3 Å². The number of nitrogens with one attached hydrogen (secondary N) is 2. The second-order valence-electron chi connectivity index (χ2n) is 8.03. The first-order valence-electron chi connectivity index (χ1n) is 11.0. The van der Waals surface area contributed by atoms with Crippen LogP contribution in [0.3, 0.4) is 0 Å². The smallest absolute Gasteiger partial charge is 0.313 e. The first kappa shape index (κ1) is 24.8. The number of amides is 1. The number of benzene rings is 2. The number of thiazole rings is 1. The first-order chi connectivity index (χ1) is 17.4. The number of carbonyl (C=O) groups is 1. The van der Waals surface area contributed by atoms with Gasteiger partial charge >= 0.3 is 5.69 Å². The van der Waals surface area contributed by atoms with E-state index in [2.05, 4.69) is 20.6 Å². The summed E-state index contributed by atoms with van der Waals surface area (Å²) in [5, 5.41) is 18.2. The Labute approximate surface area is 211 Å². The van der Waals surface area contributed by atoms with Crippen molar-refractivity contribution in [1.82, 2.24) is 14.9 Å². The highest BCUT2D eigenvalue weighted by atomic mass is 32.1. The molecule has 0 radical (unpaired) electrons. The molecule has 0 bridgehead atoms. The lowest BCUT2D eigenvalue weighted by Gasteiger charge is -2.08. The number of nitro benzene ring substituents is 1. The molecule has 4 rings (SSSR count). The van der Waals surface area contributed by atoms with Crippen LogP contribution in [-0.2, 0) is 11.4 Å². The van der Waals surface area contributed by atoms with E-state index in [1.807, 2.05) is 37.2 Å². The van der Waals surface area contributed by atoms with Crippen LogP contribution >= 0.6 is 11.3 Å². The fourth-order valence-corrected chi connectivity index (χ4v) is 4.15. The van der Waals surface area contributed by atoms with Crippen LogP contribution in [0.15, 0.2) is 72.9 Å². The summed E-state index contributed by atoms with van der Waals surface area (Å²) in [4.78, 5) is 33.9. The Morgan fingerprint density at radius 3 is 2.75 bits per heavy atom. The van der Waals surface area contributed by atoms with Gasteiger partial charge in [-0.05, 0) is 56.6 Å². The lowest BCUT2D eigenvalue weighted by atomic mass is 10.2. The second kappa shape index (κ2) is 11.4. The first-order valence-corrected chi connectivity index (χ1v) is 11.8. The van der Waals surface area contributed by atoms with E-state index in [0.717, 1.165) is 10.2 Å². The number of carbonyl (C=O) groups excluding carboxylic acids is 1. The molecule has 10 nitrogen and oxygen atoms in total. The molecule has 11 heteroatoms. The maximum Gasteiger partial charge on any atom is 0.313 e. The number of pyridine rings is 1. The van der Waals surface area contributed by atoms with Crippen LogP contribution in [0, 0.1) is 10.1 Å². The molecule has 1 amide bonds. The van der Waals surface area contributed by atoms with E-state index < -0.39 is 4.92 Å². The molecule has 4 aromatic rings. The molecule has 0 saturated heterocycles. The number of aromatic nitrogens is 2. The number of anilines is 3. The van der Waals surface area contributed by atoms with Gasteiger partial charge in [0.25, 0.3) is 0 Å². The standard InChI is InChI=1S/C25H24N6O4S/c1-30(2)13-5-7-24(32)27-18-8-10-20-23(15-18)36-25(29-20)28-17-9-11-22(21(14-17)31(33)34)35-16-19-6-3-4-12-26-19/h3-12,14-15H,13,16H2,1-2H3,(H,27,32)(H,28,29)/b7-5+. The van der Waals surface area contributed by atoms with Crippen molar-refractivity contribution in [3.8, 4) is 5.75 Å². The summed E-state index contributed by atoms with van der Waals surface area (Å²) in [6.07, 6.45) is 4.93. The van der Waals surface area contributed by atoms with Crippen LogP contribution in [0.1, 0.15) is 5.69 Å². The van der Waals surface area contributed by atoms with Crippen molar-refractivity contribution in [2.75, 3.05) is 31.3 Å². The number of hydrogen-bond donors (Lipinski definition) is 2. The zero-order valence-corrected chi connectivity index (χ0v) is 20.5. The largest absolute Gasteiger partial charge is 0.480 e. The van der Waals surface area contributed by atoms with Gasteiger partial charge in [0.05, 0.1) is 20.8 Å². The SMILES string of the molecule is CN(C)C/C=C/C(=O)Nc1ccc2nc(Nc3ccc(OCc4ccccn4)c([N+](=O)[O-])c3)sc2c1. The summed E-state index contributed by atoms with van der Waals surface area (Å²) in [7, 11) is 3.85. The lowest BCUT2D eigenvalue weighted by molar-refractivity contribution is -0.385. The predicted molar refractivity (Wildman–Crippen MR) is 141 cm³/mol. The Balaban J connectivity index is 1.45. The third kappa shape index (κ3) is 6.62. The van der Waals surface area contributed by atoms with E-state index in [1.165, 1.54) is 23.5 Å². The zero-order valence-electron chi connectivity index (χ0n) is 19.7. The molecule has 0 aliphatic rings. The van der Waals surface area contributed by atoms with Crippen LogP contribution < -0.4 is 15.4 Å². The van der Waals surface area contributed by atoms with E-state index in [1.54, 1.807) is 42.6 Å². The molecule has 0 unspecified atom stereocenters. The minimum Gasteiger partial charge on any atom is -0.480 e. The van der Waals surface area contributed by atoms with Crippen molar-refractivity contribution in [1.29, 1.82) is 0 Å². The van der Waals surface area contributed by atoms with Crippen LogP contribution in [0.4, 0.5) is 22.2 Å². The zero-order chi connectivity index (χ0) is 25.5. The Morgan fingerprint density at radius 2 is 2.00 bits per heavy atom. The summed E-state index contributed by atoms with van der Waals surface area (Å²) in [5.74, 6) is -0.0581. The number of likely N-dealkylation sites (N-methyl/N-ethyl adjacent to an activating group) is 1. The van der Waals surface area contributed by atoms with Crippen molar-refractivity contribution in [2.45, 2.75) is 6.61 Å². The third-order valence-electron chi connectivity index (χ3n) is 4.90. The van der Waals surface area contributed by atoms with Crippen molar-refractivity contribution in [3.63, 3.8) is 0 Å². The number of fused-ring (bicyclic) bond motifs is 1. The van der Waals surface area contributed by atoms with Gasteiger partial charge in [-0.2, -0.15) is 0 Å². The minimum absolute atomic E-state index is 0.122. The van der Waals surface area contributed by atoms with Crippen LogP contribution in [-0.4, -0.2) is 46.3 Å². The third-order valence-corrected chi connectivity index (χ3v) is 5.84. The molecule has 2 N–H and O–H groups in total. The molecule has 2 heterocycles. The molecular formula is C25H24N6O4S. The predicted octanol–water partition coefficient (Wildman–Crippen LogP) is 4.98. The molecule has 0 atom stereocenters. The van der Waals surface area contributed by atoms with Crippen LogP contribution in [0.2, 0.25) is 0 Å². The highest BCUT2D eigenvalue weighted by Crippen LogP contribution is 2.34. The molecule has 0 aliphatic carbocycles. The number of rotatable bonds is 10. The number of nitro groups is 1. The number of hydrogen-bond acceptors (Lipinski definition) is 9. The number of ether oxygens (including phenoxy) is 1. The summed E-state index contributed by atoms with van der Waals surface area (Å²) in [5.41, 5.74) is 2.41. The van der Waals surface area contributed by atoms with E-state index >= 15 is 0 Å². The second-order valence-corrected chi connectivity index (χ2v) is 9.06. The van der Waals surface area contributed by atoms with Crippen LogP contribution in [0.5, 0.6) is 5.75 Å². The fraction of sp³-hybridized carbons (Fsp3) is 0.160. The summed E-state index contributed by atoms with van der Waals surface area (Å²) in [6.45, 7) is 0.794. The van der Waals surface area contributed by atoms with Gasteiger partial charge in [0.2, 0.25) is 5.91 Å². The van der Waals surface area contributed by atoms with Gasteiger partial charge in [-0.15, -0.1) is 0 Å². The molecule has 184 valence electrons. The summed E-state index contributed by atoms with van der Waals surface area (Å²) >= 11 is 1.37. The highest BCUT2D eigenvalue weighted by Gasteiger charge is 2.17. The van der Waals surface area contributed by atoms with Gasteiger partial charge in [0.15, 0.2) is 10.9 Å². The molecule has 0 aliphatic heterocycles. The minimum atomic E-state index is -0.487. The molecule has 2 aromatic carbocycles. The molecule has 36 heavy (non-hydrogen) atoms. The van der Waals surface area contributed by atoms with Gasteiger partial charge in [0.1, 0.15) is 6.61 Å². The monoisotopic (exact) mass is 504 g/mol. The van der Waals surface area contributed by atoms with Crippen molar-refractivity contribution in [2.24, 2.45) is 0 Å². The maximum atomic E-state index is 12.1. The normalized spacial score (nSPS) is 11.2. The van der Waals surface area contributed by atoms with Crippen molar-refractivity contribution < 1.29 is 14.5 Å². The number of nitrogens with zero attached hydrogens (tertiary/aromatic N) is 4. The van der Waals surface area contributed by atoms with E-state index in [4.69, 9.17) is 4.74 Å². The summed E-state index contributed by atoms with van der Waals surface area (Å²) < 4.78 is 6.49. The van der Waals surface area contributed by atoms with Gasteiger partial charge in [-0.1, -0.05) is 23.5 Å². The average molecular weight is 505 g/mol. The average Bonchev–Trinajstić information content (AvgIpc) is 3.25. The topological polar surface area (TPSA) is 123 Å².